The Hall–Kier alpha value is -0.440. The van der Waals surface area contributed by atoms with E-state index in [0.717, 1.165) is 21.6 Å². The van der Waals surface area contributed by atoms with Crippen LogP contribution in [-0.4, -0.2) is 38.3 Å². The Labute approximate surface area is 135 Å². The number of nitrogens with zero attached hydrogens (tertiary/aromatic N) is 1. The second kappa shape index (κ2) is 6.13. The maximum Gasteiger partial charge on any atom is 0.244 e. The van der Waals surface area contributed by atoms with E-state index in [1.165, 1.54) is 13.1 Å². The fourth-order valence-corrected chi connectivity index (χ4v) is 4.47. The van der Waals surface area contributed by atoms with Crippen LogP contribution in [-0.2, 0) is 14.8 Å². The SMILES string of the molecule is CN(CC(=O)NC1CC1)S(=O)(=O)c1ccc(Br)cc1Br. The lowest BCUT2D eigenvalue weighted by molar-refractivity contribution is -0.121. The molecular weight excluding hydrogens is 412 g/mol. The number of nitrogens with one attached hydrogen (secondary N) is 1. The minimum Gasteiger partial charge on any atom is -0.352 e. The van der Waals surface area contributed by atoms with E-state index in [4.69, 9.17) is 0 Å². The zero-order chi connectivity index (χ0) is 14.9. The summed E-state index contributed by atoms with van der Waals surface area (Å²) in [5, 5.41) is 2.77. The molecule has 1 amide bonds. The minimum absolute atomic E-state index is 0.141. The maximum atomic E-state index is 12.4. The average molecular weight is 426 g/mol. The molecule has 1 fully saturated rings. The summed E-state index contributed by atoms with van der Waals surface area (Å²) in [6.45, 7) is -0.179. The van der Waals surface area contributed by atoms with Gasteiger partial charge in [0.15, 0.2) is 0 Å². The summed E-state index contributed by atoms with van der Waals surface area (Å²) in [6, 6.07) is 5.03. The van der Waals surface area contributed by atoms with E-state index >= 15 is 0 Å². The van der Waals surface area contributed by atoms with Crippen LogP contribution in [0.15, 0.2) is 32.0 Å². The molecule has 0 aromatic heterocycles. The van der Waals surface area contributed by atoms with Crippen LogP contribution in [0.4, 0.5) is 0 Å². The fraction of sp³-hybridized carbons (Fsp3) is 0.417. The second-order valence-corrected chi connectivity index (χ2v) is 8.46. The Balaban J connectivity index is 2.13. The molecule has 20 heavy (non-hydrogen) atoms. The number of amides is 1. The normalized spacial score (nSPS) is 15.4. The summed E-state index contributed by atoms with van der Waals surface area (Å²) in [7, 11) is -2.29. The number of hydrogen-bond donors (Lipinski definition) is 1. The van der Waals surface area contributed by atoms with Crippen LogP contribution in [0.1, 0.15) is 12.8 Å². The number of carbonyl (C=O) groups excluding carboxylic acids is 1. The lowest BCUT2D eigenvalue weighted by Crippen LogP contribution is -2.39. The van der Waals surface area contributed by atoms with Gasteiger partial charge in [-0.3, -0.25) is 4.79 Å². The van der Waals surface area contributed by atoms with Gasteiger partial charge in [0.05, 0.1) is 11.4 Å². The van der Waals surface area contributed by atoms with Gasteiger partial charge < -0.3 is 5.32 Å². The van der Waals surface area contributed by atoms with Gasteiger partial charge >= 0.3 is 0 Å². The Morgan fingerprint density at radius 3 is 2.60 bits per heavy atom. The number of likely N-dealkylation sites (N-methyl/N-ethyl adjacent to an activating group) is 1. The van der Waals surface area contributed by atoms with Crippen molar-refractivity contribution in [1.82, 2.24) is 9.62 Å². The molecule has 0 bridgehead atoms. The van der Waals surface area contributed by atoms with E-state index < -0.39 is 10.0 Å². The molecule has 0 atom stereocenters. The molecule has 0 aliphatic heterocycles. The first kappa shape index (κ1) is 15.9. The van der Waals surface area contributed by atoms with E-state index in [9.17, 15) is 13.2 Å². The molecule has 1 aromatic rings. The summed E-state index contributed by atoms with van der Waals surface area (Å²) in [5.41, 5.74) is 0. The molecule has 1 saturated carbocycles. The number of hydrogen-bond acceptors (Lipinski definition) is 3. The third-order valence-corrected chi connectivity index (χ3v) is 6.16. The van der Waals surface area contributed by atoms with Crippen molar-refractivity contribution < 1.29 is 13.2 Å². The van der Waals surface area contributed by atoms with Crippen molar-refractivity contribution in [3.63, 3.8) is 0 Å². The number of rotatable bonds is 5. The van der Waals surface area contributed by atoms with Gasteiger partial charge in [-0.25, -0.2) is 8.42 Å². The molecule has 2 rings (SSSR count). The molecule has 1 N–H and O–H groups in total. The van der Waals surface area contributed by atoms with E-state index in [1.807, 2.05) is 0 Å². The second-order valence-electron chi connectivity index (χ2n) is 4.68. The molecule has 1 aliphatic carbocycles. The van der Waals surface area contributed by atoms with E-state index in [0.29, 0.717) is 4.47 Å². The van der Waals surface area contributed by atoms with Crippen molar-refractivity contribution in [3.05, 3.63) is 27.1 Å². The smallest absolute Gasteiger partial charge is 0.244 e. The quantitative estimate of drug-likeness (QED) is 0.785. The van der Waals surface area contributed by atoms with Crippen LogP contribution in [0.2, 0.25) is 0 Å². The Bertz CT molecular complexity index is 630. The predicted molar refractivity (Wildman–Crippen MR) is 82.8 cm³/mol. The van der Waals surface area contributed by atoms with Crippen molar-refractivity contribution in [3.8, 4) is 0 Å². The van der Waals surface area contributed by atoms with Crippen LogP contribution >= 0.6 is 31.9 Å². The van der Waals surface area contributed by atoms with Crippen LogP contribution in [0, 0.1) is 0 Å². The third kappa shape index (κ3) is 3.81. The first-order valence-electron chi connectivity index (χ1n) is 6.01. The molecule has 110 valence electrons. The zero-order valence-corrected chi connectivity index (χ0v) is 14.8. The molecule has 1 aromatic carbocycles. The highest BCUT2D eigenvalue weighted by Gasteiger charge is 2.28. The third-order valence-electron chi connectivity index (χ3n) is 2.89. The van der Waals surface area contributed by atoms with Crippen LogP contribution in [0.5, 0.6) is 0 Å². The molecule has 8 heteroatoms. The lowest BCUT2D eigenvalue weighted by Gasteiger charge is -2.17. The lowest BCUT2D eigenvalue weighted by atomic mass is 10.4. The Morgan fingerprint density at radius 1 is 1.40 bits per heavy atom. The van der Waals surface area contributed by atoms with Crippen molar-refractivity contribution in [1.29, 1.82) is 0 Å². The van der Waals surface area contributed by atoms with Gasteiger partial charge in [0.25, 0.3) is 0 Å². The first-order chi connectivity index (χ1) is 9.30. The predicted octanol–water partition coefficient (Wildman–Crippen LogP) is 2.11. The largest absolute Gasteiger partial charge is 0.352 e. The minimum atomic E-state index is -3.69. The van der Waals surface area contributed by atoms with Gasteiger partial charge in [-0.15, -0.1) is 0 Å². The topological polar surface area (TPSA) is 66.5 Å². The maximum absolute atomic E-state index is 12.4. The summed E-state index contributed by atoms with van der Waals surface area (Å²) < 4.78 is 27.1. The van der Waals surface area contributed by atoms with Gasteiger partial charge in [0.2, 0.25) is 15.9 Å². The number of sulfonamides is 1. The summed E-state index contributed by atoms with van der Waals surface area (Å²) in [5.74, 6) is -0.271. The van der Waals surface area contributed by atoms with Crippen LogP contribution in [0.25, 0.3) is 0 Å². The summed E-state index contributed by atoms with van der Waals surface area (Å²) in [4.78, 5) is 11.8. The van der Waals surface area contributed by atoms with E-state index in [1.54, 1.807) is 12.1 Å². The van der Waals surface area contributed by atoms with Crippen LogP contribution in [0.3, 0.4) is 0 Å². The van der Waals surface area contributed by atoms with Gasteiger partial charge in [-0.2, -0.15) is 4.31 Å². The molecule has 1 aliphatic rings. The highest BCUT2D eigenvalue weighted by atomic mass is 79.9. The van der Waals surface area contributed by atoms with Gasteiger partial charge in [-0.1, -0.05) is 15.9 Å². The van der Waals surface area contributed by atoms with Crippen molar-refractivity contribution in [2.75, 3.05) is 13.6 Å². The standard InChI is InChI=1S/C12H14Br2N2O3S/c1-16(7-12(17)15-9-3-4-9)20(18,19)11-5-2-8(13)6-10(11)14/h2,5-6,9H,3-4,7H2,1H3,(H,15,17). The van der Waals surface area contributed by atoms with Crippen molar-refractivity contribution in [2.24, 2.45) is 0 Å². The van der Waals surface area contributed by atoms with E-state index in [2.05, 4.69) is 37.2 Å². The summed E-state index contributed by atoms with van der Waals surface area (Å²) >= 11 is 6.50. The first-order valence-corrected chi connectivity index (χ1v) is 9.04. The number of carbonyl (C=O) groups is 1. The van der Waals surface area contributed by atoms with Crippen molar-refractivity contribution >= 4 is 47.8 Å². The van der Waals surface area contributed by atoms with Gasteiger partial charge in [0.1, 0.15) is 0 Å². The molecule has 0 radical (unpaired) electrons. The molecule has 0 saturated heterocycles. The zero-order valence-electron chi connectivity index (χ0n) is 10.8. The number of halogens is 2. The van der Waals surface area contributed by atoms with Gasteiger partial charge in [0, 0.05) is 22.0 Å². The van der Waals surface area contributed by atoms with Crippen molar-refractivity contribution in [2.45, 2.75) is 23.8 Å². The molecule has 0 unspecified atom stereocenters. The highest BCUT2D eigenvalue weighted by molar-refractivity contribution is 9.11. The fourth-order valence-electron chi connectivity index (χ4n) is 1.64. The Kier molecular flexibility index (Phi) is 4.88. The molecule has 5 nitrogen and oxygen atoms in total. The van der Waals surface area contributed by atoms with Crippen LogP contribution < -0.4 is 5.32 Å². The number of benzene rings is 1. The molecular formula is C12H14Br2N2O3S. The molecule has 0 spiro atoms. The molecule has 0 heterocycles. The monoisotopic (exact) mass is 424 g/mol. The Morgan fingerprint density at radius 2 is 2.05 bits per heavy atom. The summed E-state index contributed by atoms with van der Waals surface area (Å²) in [6.07, 6.45) is 1.95. The highest BCUT2D eigenvalue weighted by Crippen LogP contribution is 2.27. The average Bonchev–Trinajstić information content (AvgIpc) is 3.11. The van der Waals surface area contributed by atoms with Gasteiger partial charge in [-0.05, 0) is 47.0 Å². The van der Waals surface area contributed by atoms with E-state index in [-0.39, 0.29) is 23.4 Å².